The van der Waals surface area contributed by atoms with Crippen LogP contribution in [0.2, 0.25) is 0 Å². The van der Waals surface area contributed by atoms with Crippen LogP contribution in [0.4, 0.5) is 0 Å². The SMILES string of the molecule is CC(C)C.O=C1NCc2nc3ncccc3c(=O)n2C1Cc1c[nH]c2ccccc12. The van der Waals surface area contributed by atoms with E-state index in [0.717, 1.165) is 22.4 Å². The Morgan fingerprint density at radius 1 is 1.10 bits per heavy atom. The highest BCUT2D eigenvalue weighted by Gasteiger charge is 2.30. The van der Waals surface area contributed by atoms with Crippen molar-refractivity contribution in [3.63, 3.8) is 0 Å². The second-order valence-electron chi connectivity index (χ2n) is 8.11. The molecule has 2 N–H and O–H groups in total. The minimum Gasteiger partial charge on any atom is -0.361 e. The number of fused-ring (bicyclic) bond motifs is 3. The van der Waals surface area contributed by atoms with Crippen molar-refractivity contribution in [2.24, 2.45) is 5.92 Å². The highest BCUT2D eigenvalue weighted by molar-refractivity contribution is 5.86. The molecular weight excluding hydrogens is 378 g/mol. The van der Waals surface area contributed by atoms with Gasteiger partial charge in [-0.05, 0) is 29.7 Å². The molecule has 1 aliphatic heterocycles. The monoisotopic (exact) mass is 403 g/mol. The number of nitrogens with zero attached hydrogens (tertiary/aromatic N) is 3. The number of carbonyl (C=O) groups is 1. The Balaban J connectivity index is 0.000000503. The Hall–Kier alpha value is -3.48. The summed E-state index contributed by atoms with van der Waals surface area (Å²) in [6.07, 6.45) is 3.92. The van der Waals surface area contributed by atoms with Gasteiger partial charge in [0, 0.05) is 29.7 Å². The van der Waals surface area contributed by atoms with Crippen LogP contribution in [0.3, 0.4) is 0 Å². The second-order valence-corrected chi connectivity index (χ2v) is 8.11. The summed E-state index contributed by atoms with van der Waals surface area (Å²) in [7, 11) is 0. The molecule has 1 unspecified atom stereocenters. The van der Waals surface area contributed by atoms with Crippen molar-refractivity contribution in [2.75, 3.05) is 0 Å². The fourth-order valence-corrected chi connectivity index (χ4v) is 3.62. The molecule has 0 aliphatic carbocycles. The van der Waals surface area contributed by atoms with Gasteiger partial charge in [-0.15, -0.1) is 0 Å². The Bertz CT molecular complexity index is 1270. The van der Waals surface area contributed by atoms with Crippen LogP contribution in [0, 0.1) is 5.92 Å². The first-order chi connectivity index (χ1) is 14.5. The number of carbonyl (C=O) groups excluding carboxylic acids is 1. The number of aromatic amines is 1. The van der Waals surface area contributed by atoms with E-state index in [9.17, 15) is 9.59 Å². The van der Waals surface area contributed by atoms with E-state index in [4.69, 9.17) is 0 Å². The summed E-state index contributed by atoms with van der Waals surface area (Å²) < 4.78 is 1.52. The average Bonchev–Trinajstić information content (AvgIpc) is 3.13. The molecule has 4 aromatic rings. The van der Waals surface area contributed by atoms with Gasteiger partial charge in [0.2, 0.25) is 5.91 Å². The third-order valence-corrected chi connectivity index (χ3v) is 4.87. The lowest BCUT2D eigenvalue weighted by atomic mass is 10.0. The summed E-state index contributed by atoms with van der Waals surface area (Å²) in [5.74, 6) is 1.19. The van der Waals surface area contributed by atoms with Crippen LogP contribution >= 0.6 is 0 Å². The molecule has 1 aliphatic rings. The van der Waals surface area contributed by atoms with Gasteiger partial charge in [-0.25, -0.2) is 9.97 Å². The zero-order valence-corrected chi connectivity index (χ0v) is 17.3. The predicted octanol–water partition coefficient (Wildman–Crippen LogP) is 3.35. The molecule has 0 spiro atoms. The number of H-pyrrole nitrogens is 1. The summed E-state index contributed by atoms with van der Waals surface area (Å²) in [6.45, 7) is 6.73. The van der Waals surface area contributed by atoms with E-state index in [1.54, 1.807) is 18.3 Å². The molecule has 30 heavy (non-hydrogen) atoms. The van der Waals surface area contributed by atoms with Gasteiger partial charge in [0.1, 0.15) is 11.9 Å². The van der Waals surface area contributed by atoms with E-state index in [-0.39, 0.29) is 18.0 Å². The van der Waals surface area contributed by atoms with E-state index in [0.29, 0.717) is 23.3 Å². The molecule has 1 amide bonds. The van der Waals surface area contributed by atoms with Crippen LogP contribution in [0.1, 0.15) is 38.2 Å². The van der Waals surface area contributed by atoms with Crippen LogP contribution in [-0.2, 0) is 17.8 Å². The molecule has 1 atom stereocenters. The topological polar surface area (TPSA) is 92.7 Å². The predicted molar refractivity (Wildman–Crippen MR) is 117 cm³/mol. The van der Waals surface area contributed by atoms with Crippen molar-refractivity contribution >= 4 is 27.8 Å². The van der Waals surface area contributed by atoms with E-state index >= 15 is 0 Å². The van der Waals surface area contributed by atoms with E-state index in [1.165, 1.54) is 4.57 Å². The smallest absolute Gasteiger partial charge is 0.263 e. The fraction of sp³-hybridized carbons (Fsp3) is 0.304. The summed E-state index contributed by atoms with van der Waals surface area (Å²) in [5, 5.41) is 4.32. The molecule has 0 saturated heterocycles. The molecule has 3 aromatic heterocycles. The Morgan fingerprint density at radius 3 is 2.63 bits per heavy atom. The Morgan fingerprint density at radius 2 is 1.83 bits per heavy atom. The molecule has 0 radical (unpaired) electrons. The van der Waals surface area contributed by atoms with Gasteiger partial charge in [-0.1, -0.05) is 39.0 Å². The lowest BCUT2D eigenvalue weighted by molar-refractivity contribution is -0.125. The summed E-state index contributed by atoms with van der Waals surface area (Å²) in [5.41, 5.74) is 2.18. The molecule has 1 aromatic carbocycles. The maximum Gasteiger partial charge on any atom is 0.263 e. The minimum absolute atomic E-state index is 0.171. The van der Waals surface area contributed by atoms with E-state index in [2.05, 4.69) is 41.0 Å². The maximum absolute atomic E-state index is 13.0. The van der Waals surface area contributed by atoms with Gasteiger partial charge < -0.3 is 10.3 Å². The fourth-order valence-electron chi connectivity index (χ4n) is 3.62. The number of benzene rings is 1. The van der Waals surface area contributed by atoms with Gasteiger partial charge in [0.25, 0.3) is 5.56 Å². The first-order valence-corrected chi connectivity index (χ1v) is 10.1. The zero-order chi connectivity index (χ0) is 21.3. The molecule has 5 rings (SSSR count). The number of hydrogen-bond donors (Lipinski definition) is 2. The molecule has 0 fully saturated rings. The molecule has 0 bridgehead atoms. The average molecular weight is 403 g/mol. The maximum atomic E-state index is 13.0. The van der Waals surface area contributed by atoms with Gasteiger partial charge in [0.05, 0.1) is 11.9 Å². The van der Waals surface area contributed by atoms with Crippen LogP contribution in [0.15, 0.2) is 53.6 Å². The number of hydrogen-bond acceptors (Lipinski definition) is 4. The third kappa shape index (κ3) is 3.70. The summed E-state index contributed by atoms with van der Waals surface area (Å²) in [6, 6.07) is 10.7. The number of aromatic nitrogens is 4. The number of rotatable bonds is 2. The Kier molecular flexibility index (Phi) is 5.35. The molecule has 7 nitrogen and oxygen atoms in total. The highest BCUT2D eigenvalue weighted by atomic mass is 16.2. The van der Waals surface area contributed by atoms with E-state index in [1.807, 2.05) is 30.5 Å². The Labute approximate surface area is 174 Å². The van der Waals surface area contributed by atoms with Crippen molar-refractivity contribution in [3.8, 4) is 0 Å². The van der Waals surface area contributed by atoms with Crippen LogP contribution < -0.4 is 10.9 Å². The minimum atomic E-state index is -0.637. The molecule has 7 heteroatoms. The summed E-state index contributed by atoms with van der Waals surface area (Å²) >= 11 is 0. The highest BCUT2D eigenvalue weighted by Crippen LogP contribution is 2.25. The van der Waals surface area contributed by atoms with Crippen molar-refractivity contribution in [3.05, 3.63) is 70.5 Å². The molecule has 4 heterocycles. The van der Waals surface area contributed by atoms with E-state index < -0.39 is 6.04 Å². The zero-order valence-electron chi connectivity index (χ0n) is 17.3. The third-order valence-electron chi connectivity index (χ3n) is 4.87. The van der Waals surface area contributed by atoms with Crippen molar-refractivity contribution in [1.29, 1.82) is 0 Å². The largest absolute Gasteiger partial charge is 0.361 e. The van der Waals surface area contributed by atoms with Gasteiger partial charge in [-0.2, -0.15) is 0 Å². The quantitative estimate of drug-likeness (QED) is 0.537. The standard InChI is InChI=1S/C19H15N5O2.C4H10/c25-18-15(8-11-9-21-14-6-2-1-4-12(11)14)24-16(10-22-18)23-17-13(19(24)26)5-3-7-20-17;1-4(2)3/h1-7,9,15,21H,8,10H2,(H,22,25);4H,1-3H3. The van der Waals surface area contributed by atoms with Gasteiger partial charge >= 0.3 is 0 Å². The van der Waals surface area contributed by atoms with Crippen LogP contribution in [0.5, 0.6) is 0 Å². The number of para-hydroxylation sites is 1. The van der Waals surface area contributed by atoms with Gasteiger partial charge in [-0.3, -0.25) is 14.2 Å². The number of pyridine rings is 1. The van der Waals surface area contributed by atoms with Gasteiger partial charge in [0.15, 0.2) is 5.65 Å². The molecular formula is C23H25N5O2. The van der Waals surface area contributed by atoms with Crippen molar-refractivity contribution in [2.45, 2.75) is 39.8 Å². The lowest BCUT2D eigenvalue weighted by Crippen LogP contribution is -2.46. The first-order valence-electron chi connectivity index (χ1n) is 10.1. The first kappa shape index (κ1) is 19.8. The number of amides is 1. The van der Waals surface area contributed by atoms with Crippen LogP contribution in [0.25, 0.3) is 21.9 Å². The van der Waals surface area contributed by atoms with Crippen molar-refractivity contribution in [1.82, 2.24) is 24.8 Å². The van der Waals surface area contributed by atoms with Crippen LogP contribution in [-0.4, -0.2) is 25.4 Å². The second kappa shape index (κ2) is 8.10. The normalized spacial score (nSPS) is 15.6. The van der Waals surface area contributed by atoms with Crippen molar-refractivity contribution < 1.29 is 4.79 Å². The summed E-state index contributed by atoms with van der Waals surface area (Å²) in [4.78, 5) is 37.5. The number of nitrogens with one attached hydrogen (secondary N) is 2. The molecule has 0 saturated carbocycles. The lowest BCUT2D eigenvalue weighted by Gasteiger charge is -2.27. The molecule has 154 valence electrons.